The molecule has 2 atom stereocenters. The van der Waals surface area contributed by atoms with Gasteiger partial charge in [-0.3, -0.25) is 0 Å². The van der Waals surface area contributed by atoms with Crippen LogP contribution in [0.15, 0.2) is 0 Å². The normalized spacial score (nSPS) is 15.9. The molecule has 0 bridgehead atoms. The zero-order valence-electron chi connectivity index (χ0n) is 8.88. The van der Waals surface area contributed by atoms with Crippen LogP contribution >= 0.6 is 0 Å². The van der Waals surface area contributed by atoms with Crippen LogP contribution in [0.1, 0.15) is 39.5 Å². The van der Waals surface area contributed by atoms with Crippen molar-refractivity contribution in [3.63, 3.8) is 0 Å². The average Bonchev–Trinajstić information content (AvgIpc) is 2.12. The van der Waals surface area contributed by atoms with E-state index in [9.17, 15) is 5.11 Å². The summed E-state index contributed by atoms with van der Waals surface area (Å²) in [6.45, 7) is 3.40. The first-order chi connectivity index (χ1) is 6.52. The Bertz CT molecular complexity index is 250. The molecule has 2 N–H and O–H groups in total. The van der Waals surface area contributed by atoms with E-state index in [2.05, 4.69) is 17.8 Å². The van der Waals surface area contributed by atoms with E-state index >= 15 is 0 Å². The third-order valence-corrected chi connectivity index (χ3v) is 1.98. The topological polar surface area (TPSA) is 40.5 Å². The Morgan fingerprint density at radius 3 is 2.57 bits per heavy atom. The van der Waals surface area contributed by atoms with Crippen molar-refractivity contribution < 1.29 is 10.2 Å². The molecule has 0 aromatic heterocycles. The Hall–Kier alpha value is -0.960. The van der Waals surface area contributed by atoms with Gasteiger partial charge >= 0.3 is 0 Å². The lowest BCUT2D eigenvalue weighted by Crippen LogP contribution is -2.21. The molecule has 14 heavy (non-hydrogen) atoms. The number of hydrogen-bond acceptors (Lipinski definition) is 2. The summed E-state index contributed by atoms with van der Waals surface area (Å²) in [5.41, 5.74) is -0.907. The first-order valence-electron chi connectivity index (χ1n) is 4.82. The lowest BCUT2D eigenvalue weighted by atomic mass is 9.98. The first-order valence-corrected chi connectivity index (χ1v) is 4.82. The molecule has 0 saturated carbocycles. The highest BCUT2D eigenvalue weighted by Gasteiger charge is 2.15. The van der Waals surface area contributed by atoms with E-state index < -0.39 is 11.7 Å². The molecule has 0 aliphatic carbocycles. The van der Waals surface area contributed by atoms with Crippen LogP contribution in [0.25, 0.3) is 0 Å². The number of unbranched alkanes of at least 4 members (excludes halogenated alkanes) is 1. The molecule has 2 nitrogen and oxygen atoms in total. The van der Waals surface area contributed by atoms with Gasteiger partial charge in [0.05, 0.1) is 0 Å². The monoisotopic (exact) mass is 194 g/mol. The van der Waals surface area contributed by atoms with Gasteiger partial charge in [0, 0.05) is 0 Å². The Balaban J connectivity index is 3.63. The predicted molar refractivity (Wildman–Crippen MR) is 57.4 cm³/mol. The molecule has 0 heterocycles. The van der Waals surface area contributed by atoms with Crippen molar-refractivity contribution in [1.82, 2.24) is 0 Å². The highest BCUT2D eigenvalue weighted by Crippen LogP contribution is 2.14. The van der Waals surface area contributed by atoms with Crippen molar-refractivity contribution in [3.8, 4) is 24.2 Å². The standard InChI is InChI=1S/C12H18O2/c1-4-9-12(3,14)10-7-6-8-11(13)5-2/h2,11,13-14H,6-8,10H2,1,3H3. The van der Waals surface area contributed by atoms with Crippen molar-refractivity contribution in [2.24, 2.45) is 0 Å². The van der Waals surface area contributed by atoms with Gasteiger partial charge in [-0.1, -0.05) is 11.8 Å². The lowest BCUT2D eigenvalue weighted by molar-refractivity contribution is 0.107. The fourth-order valence-electron chi connectivity index (χ4n) is 1.22. The SMILES string of the molecule is C#CC(O)CCCCC(C)(O)C#CC. The minimum atomic E-state index is -0.907. The van der Waals surface area contributed by atoms with Gasteiger partial charge in [0.2, 0.25) is 0 Å². The molecule has 0 fully saturated rings. The Morgan fingerprint density at radius 1 is 1.43 bits per heavy atom. The van der Waals surface area contributed by atoms with Crippen LogP contribution in [0.4, 0.5) is 0 Å². The predicted octanol–water partition coefficient (Wildman–Crippen LogP) is 1.32. The van der Waals surface area contributed by atoms with Gasteiger partial charge in [-0.25, -0.2) is 0 Å². The van der Waals surface area contributed by atoms with Crippen molar-refractivity contribution >= 4 is 0 Å². The maximum atomic E-state index is 9.66. The van der Waals surface area contributed by atoms with Crippen LogP contribution in [-0.4, -0.2) is 21.9 Å². The summed E-state index contributed by atoms with van der Waals surface area (Å²) < 4.78 is 0. The highest BCUT2D eigenvalue weighted by atomic mass is 16.3. The van der Waals surface area contributed by atoms with Gasteiger partial charge in [0.25, 0.3) is 0 Å². The summed E-state index contributed by atoms with van der Waals surface area (Å²) in [4.78, 5) is 0. The zero-order chi connectivity index (χ0) is 11.0. The van der Waals surface area contributed by atoms with E-state index in [0.29, 0.717) is 12.8 Å². The molecular formula is C12H18O2. The van der Waals surface area contributed by atoms with Gasteiger partial charge in [-0.15, -0.1) is 12.3 Å². The fraction of sp³-hybridized carbons (Fsp3) is 0.667. The third-order valence-electron chi connectivity index (χ3n) is 1.98. The van der Waals surface area contributed by atoms with E-state index in [1.54, 1.807) is 13.8 Å². The van der Waals surface area contributed by atoms with Crippen molar-refractivity contribution in [1.29, 1.82) is 0 Å². The van der Waals surface area contributed by atoms with E-state index in [4.69, 9.17) is 11.5 Å². The number of hydrogen-bond donors (Lipinski definition) is 2. The minimum absolute atomic E-state index is 0.589. The molecule has 0 aliphatic heterocycles. The minimum Gasteiger partial charge on any atom is -0.380 e. The van der Waals surface area contributed by atoms with Crippen LogP contribution in [-0.2, 0) is 0 Å². The van der Waals surface area contributed by atoms with Gasteiger partial charge in [-0.05, 0) is 39.5 Å². The highest BCUT2D eigenvalue weighted by molar-refractivity contribution is 5.09. The maximum Gasteiger partial charge on any atom is 0.122 e. The van der Waals surface area contributed by atoms with Gasteiger partial charge in [0.1, 0.15) is 11.7 Å². The number of terminal acetylenes is 1. The number of rotatable bonds is 5. The second-order valence-electron chi connectivity index (χ2n) is 3.58. The summed E-state index contributed by atoms with van der Waals surface area (Å²) in [6.07, 6.45) is 7.20. The molecule has 0 saturated heterocycles. The Labute approximate surface area is 86.3 Å². The summed E-state index contributed by atoms with van der Waals surface area (Å²) in [5, 5.41) is 18.7. The van der Waals surface area contributed by atoms with E-state index in [1.165, 1.54) is 0 Å². The fourth-order valence-corrected chi connectivity index (χ4v) is 1.22. The van der Waals surface area contributed by atoms with Crippen molar-refractivity contribution in [2.45, 2.75) is 51.2 Å². The molecule has 0 amide bonds. The molecule has 0 spiro atoms. The van der Waals surface area contributed by atoms with E-state index in [0.717, 1.165) is 12.8 Å². The molecule has 2 unspecified atom stereocenters. The molecule has 0 aromatic carbocycles. The van der Waals surface area contributed by atoms with Crippen LogP contribution in [0.5, 0.6) is 0 Å². The average molecular weight is 194 g/mol. The largest absolute Gasteiger partial charge is 0.380 e. The second kappa shape index (κ2) is 6.49. The molecule has 2 heteroatoms. The van der Waals surface area contributed by atoms with Crippen LogP contribution in [0.2, 0.25) is 0 Å². The summed E-state index contributed by atoms with van der Waals surface area (Å²) in [5.74, 6) is 7.67. The molecular weight excluding hydrogens is 176 g/mol. The summed E-state index contributed by atoms with van der Waals surface area (Å²) in [7, 11) is 0. The number of aliphatic hydroxyl groups excluding tert-OH is 1. The quantitative estimate of drug-likeness (QED) is 0.512. The van der Waals surface area contributed by atoms with Gasteiger partial charge in [-0.2, -0.15) is 0 Å². The molecule has 0 rings (SSSR count). The molecule has 78 valence electrons. The summed E-state index contributed by atoms with van der Waals surface area (Å²) >= 11 is 0. The van der Waals surface area contributed by atoms with Crippen LogP contribution < -0.4 is 0 Å². The third kappa shape index (κ3) is 6.54. The van der Waals surface area contributed by atoms with E-state index in [-0.39, 0.29) is 0 Å². The smallest absolute Gasteiger partial charge is 0.122 e. The van der Waals surface area contributed by atoms with Gasteiger partial charge < -0.3 is 10.2 Å². The lowest BCUT2D eigenvalue weighted by Gasteiger charge is -2.15. The Kier molecular flexibility index (Phi) is 6.04. The van der Waals surface area contributed by atoms with Gasteiger partial charge in [0.15, 0.2) is 0 Å². The second-order valence-corrected chi connectivity index (χ2v) is 3.58. The summed E-state index contributed by atoms with van der Waals surface area (Å²) in [6, 6.07) is 0. The molecule has 0 aliphatic rings. The molecule has 0 radical (unpaired) electrons. The Morgan fingerprint density at radius 2 is 2.07 bits per heavy atom. The van der Waals surface area contributed by atoms with E-state index in [1.807, 2.05) is 0 Å². The maximum absolute atomic E-state index is 9.66. The van der Waals surface area contributed by atoms with Crippen molar-refractivity contribution in [3.05, 3.63) is 0 Å². The first kappa shape index (κ1) is 13.0. The van der Waals surface area contributed by atoms with Crippen molar-refractivity contribution in [2.75, 3.05) is 0 Å². The number of aliphatic hydroxyl groups is 2. The zero-order valence-corrected chi connectivity index (χ0v) is 8.88. The van der Waals surface area contributed by atoms with Crippen LogP contribution in [0.3, 0.4) is 0 Å². The molecule has 0 aromatic rings. The van der Waals surface area contributed by atoms with Crippen LogP contribution in [0, 0.1) is 24.2 Å².